The molecule has 0 bridgehead atoms. The average Bonchev–Trinajstić information content (AvgIpc) is 2.85. The van der Waals surface area contributed by atoms with Gasteiger partial charge in [0.15, 0.2) is 5.17 Å². The lowest BCUT2D eigenvalue weighted by molar-refractivity contribution is -0.121. The summed E-state index contributed by atoms with van der Waals surface area (Å²) in [6, 6.07) is 14.6. The Morgan fingerprint density at radius 1 is 1.08 bits per heavy atom. The number of phenols is 1. The van der Waals surface area contributed by atoms with Crippen LogP contribution in [0.25, 0.3) is 6.08 Å². The molecule has 0 spiro atoms. The summed E-state index contributed by atoms with van der Waals surface area (Å²) in [7, 11) is 5.69. The van der Waals surface area contributed by atoms with Crippen LogP contribution in [0.4, 0.5) is 11.4 Å². The number of nitrogens with zero attached hydrogens (tertiary/aromatic N) is 3. The van der Waals surface area contributed by atoms with Crippen LogP contribution >= 0.6 is 11.8 Å². The Morgan fingerprint density at radius 3 is 2.32 bits per heavy atom. The number of rotatable bonds is 3. The number of aromatic hydroxyl groups is 1. The standard InChI is InChI=1S/C19H19N3O2S/c1-21(2)15-8-4-13(5-9-15)12-17-18(24)22(3)19(25-17)20-14-6-10-16(23)11-7-14/h4-12,23H,1-3H3/b17-12-,20-19?. The van der Waals surface area contributed by atoms with Crippen molar-refractivity contribution in [2.45, 2.75) is 0 Å². The largest absolute Gasteiger partial charge is 0.508 e. The van der Waals surface area contributed by atoms with Gasteiger partial charge in [-0.05, 0) is 59.8 Å². The third-order valence-corrected chi connectivity index (χ3v) is 4.85. The van der Waals surface area contributed by atoms with E-state index in [0.29, 0.717) is 15.8 Å². The van der Waals surface area contributed by atoms with Gasteiger partial charge in [-0.25, -0.2) is 4.99 Å². The Bertz CT molecular complexity index is 840. The highest BCUT2D eigenvalue weighted by molar-refractivity contribution is 8.18. The third-order valence-electron chi connectivity index (χ3n) is 3.79. The number of carbonyl (C=O) groups is 1. The summed E-state index contributed by atoms with van der Waals surface area (Å²) in [6.45, 7) is 0. The fourth-order valence-electron chi connectivity index (χ4n) is 2.31. The number of aliphatic imine (C=N–C) groups is 1. The maximum Gasteiger partial charge on any atom is 0.266 e. The van der Waals surface area contributed by atoms with E-state index in [9.17, 15) is 9.90 Å². The zero-order valence-corrected chi connectivity index (χ0v) is 15.1. The summed E-state index contributed by atoms with van der Waals surface area (Å²) in [5.74, 6) is 0.119. The number of amidine groups is 1. The van der Waals surface area contributed by atoms with E-state index >= 15 is 0 Å². The predicted octanol–water partition coefficient (Wildman–Crippen LogP) is 3.69. The molecule has 0 aromatic heterocycles. The smallest absolute Gasteiger partial charge is 0.266 e. The Hall–Kier alpha value is -2.73. The number of thioether (sulfide) groups is 1. The molecule has 1 aliphatic heterocycles. The number of anilines is 1. The average molecular weight is 353 g/mol. The number of amides is 1. The number of likely N-dealkylation sites (N-methyl/N-ethyl adjacent to an activating group) is 1. The zero-order chi connectivity index (χ0) is 18.0. The molecule has 5 nitrogen and oxygen atoms in total. The van der Waals surface area contributed by atoms with E-state index in [0.717, 1.165) is 11.3 Å². The molecule has 1 heterocycles. The lowest BCUT2D eigenvalue weighted by atomic mass is 10.2. The fraction of sp³-hybridized carbons (Fsp3) is 0.158. The molecule has 2 aromatic carbocycles. The zero-order valence-electron chi connectivity index (χ0n) is 14.3. The van der Waals surface area contributed by atoms with Crippen molar-refractivity contribution in [2.75, 3.05) is 26.0 Å². The molecular weight excluding hydrogens is 334 g/mol. The second-order valence-electron chi connectivity index (χ2n) is 5.87. The van der Waals surface area contributed by atoms with Gasteiger partial charge in [0.05, 0.1) is 10.6 Å². The van der Waals surface area contributed by atoms with Gasteiger partial charge in [0.1, 0.15) is 5.75 Å². The molecule has 2 aromatic rings. The van der Waals surface area contributed by atoms with Crippen LogP contribution in [-0.4, -0.2) is 42.2 Å². The van der Waals surface area contributed by atoms with Crippen molar-refractivity contribution < 1.29 is 9.90 Å². The van der Waals surface area contributed by atoms with Crippen LogP contribution in [0.15, 0.2) is 58.4 Å². The minimum Gasteiger partial charge on any atom is -0.508 e. The Labute approximate surface area is 151 Å². The van der Waals surface area contributed by atoms with E-state index in [1.165, 1.54) is 16.7 Å². The molecule has 0 aliphatic carbocycles. The van der Waals surface area contributed by atoms with Gasteiger partial charge < -0.3 is 10.0 Å². The number of hydrogen-bond acceptors (Lipinski definition) is 5. The van der Waals surface area contributed by atoms with Gasteiger partial charge in [0, 0.05) is 26.8 Å². The highest BCUT2D eigenvalue weighted by Crippen LogP contribution is 2.33. The van der Waals surface area contributed by atoms with Crippen molar-refractivity contribution >= 4 is 40.3 Å². The number of hydrogen-bond donors (Lipinski definition) is 1. The molecule has 1 saturated heterocycles. The van der Waals surface area contributed by atoms with Gasteiger partial charge >= 0.3 is 0 Å². The summed E-state index contributed by atoms with van der Waals surface area (Å²) < 4.78 is 0. The van der Waals surface area contributed by atoms with Crippen molar-refractivity contribution in [1.29, 1.82) is 0 Å². The number of phenolic OH excluding ortho intramolecular Hbond substituents is 1. The fourth-order valence-corrected chi connectivity index (χ4v) is 3.30. The summed E-state index contributed by atoms with van der Waals surface area (Å²) in [4.78, 5) is 21.1. The summed E-state index contributed by atoms with van der Waals surface area (Å²) in [5, 5.41) is 9.96. The second-order valence-corrected chi connectivity index (χ2v) is 6.88. The van der Waals surface area contributed by atoms with Gasteiger partial charge in [-0.2, -0.15) is 0 Å². The first-order valence-corrected chi connectivity index (χ1v) is 8.58. The lowest BCUT2D eigenvalue weighted by Gasteiger charge is -2.11. The molecule has 25 heavy (non-hydrogen) atoms. The molecule has 1 aliphatic rings. The maximum absolute atomic E-state index is 12.4. The monoisotopic (exact) mass is 353 g/mol. The Morgan fingerprint density at radius 2 is 1.72 bits per heavy atom. The van der Waals surface area contributed by atoms with Gasteiger partial charge in [-0.3, -0.25) is 9.69 Å². The first kappa shape index (κ1) is 17.1. The molecule has 1 amide bonds. The van der Waals surface area contributed by atoms with Crippen LogP contribution in [0.2, 0.25) is 0 Å². The van der Waals surface area contributed by atoms with Crippen LogP contribution < -0.4 is 4.90 Å². The van der Waals surface area contributed by atoms with Crippen molar-refractivity contribution in [3.05, 3.63) is 59.0 Å². The van der Waals surface area contributed by atoms with E-state index in [-0.39, 0.29) is 11.7 Å². The molecule has 3 rings (SSSR count). The number of benzene rings is 2. The van der Waals surface area contributed by atoms with Gasteiger partial charge in [0.25, 0.3) is 5.91 Å². The molecule has 0 unspecified atom stereocenters. The highest BCUT2D eigenvalue weighted by Gasteiger charge is 2.30. The molecule has 0 radical (unpaired) electrons. The topological polar surface area (TPSA) is 56.1 Å². The molecule has 1 N–H and O–H groups in total. The Balaban J connectivity index is 1.84. The van der Waals surface area contributed by atoms with Crippen LogP contribution in [0.5, 0.6) is 5.75 Å². The second kappa shape index (κ2) is 7.03. The summed E-state index contributed by atoms with van der Waals surface area (Å²) >= 11 is 1.35. The van der Waals surface area contributed by atoms with Crippen molar-refractivity contribution in [3.8, 4) is 5.75 Å². The number of carbonyl (C=O) groups excluding carboxylic acids is 1. The van der Waals surface area contributed by atoms with Crippen molar-refractivity contribution in [3.63, 3.8) is 0 Å². The lowest BCUT2D eigenvalue weighted by Crippen LogP contribution is -2.23. The maximum atomic E-state index is 12.4. The van der Waals surface area contributed by atoms with Crippen LogP contribution in [-0.2, 0) is 4.79 Å². The SMILES string of the molecule is CN1C(=O)/C(=C/c2ccc(N(C)C)cc2)SC1=Nc1ccc(O)cc1. The van der Waals surface area contributed by atoms with E-state index in [4.69, 9.17) is 0 Å². The molecule has 6 heteroatoms. The van der Waals surface area contributed by atoms with Crippen LogP contribution in [0.3, 0.4) is 0 Å². The molecule has 1 fully saturated rings. The van der Waals surface area contributed by atoms with E-state index in [1.54, 1.807) is 31.3 Å². The first-order chi connectivity index (χ1) is 11.9. The highest BCUT2D eigenvalue weighted by atomic mass is 32.2. The minimum absolute atomic E-state index is 0.0702. The van der Waals surface area contributed by atoms with Gasteiger partial charge in [0.2, 0.25) is 0 Å². The molecular formula is C19H19N3O2S. The quantitative estimate of drug-likeness (QED) is 0.855. The molecule has 0 saturated carbocycles. The van der Waals surface area contributed by atoms with Crippen molar-refractivity contribution in [1.82, 2.24) is 4.90 Å². The summed E-state index contributed by atoms with van der Waals surface area (Å²) in [5.41, 5.74) is 2.77. The van der Waals surface area contributed by atoms with Gasteiger partial charge in [-0.15, -0.1) is 0 Å². The Kier molecular flexibility index (Phi) is 4.81. The van der Waals surface area contributed by atoms with E-state index in [1.807, 2.05) is 49.3 Å². The molecule has 0 atom stereocenters. The normalized spacial score (nSPS) is 17.6. The van der Waals surface area contributed by atoms with E-state index in [2.05, 4.69) is 4.99 Å². The minimum atomic E-state index is -0.0702. The van der Waals surface area contributed by atoms with Gasteiger partial charge in [-0.1, -0.05) is 12.1 Å². The van der Waals surface area contributed by atoms with Crippen LogP contribution in [0.1, 0.15) is 5.56 Å². The first-order valence-electron chi connectivity index (χ1n) is 7.77. The van der Waals surface area contributed by atoms with E-state index < -0.39 is 0 Å². The van der Waals surface area contributed by atoms with Crippen LogP contribution in [0, 0.1) is 0 Å². The molecule has 128 valence electrons. The summed E-state index contributed by atoms with van der Waals surface area (Å²) in [6.07, 6.45) is 1.88. The third kappa shape index (κ3) is 3.85. The van der Waals surface area contributed by atoms with Crippen molar-refractivity contribution in [2.24, 2.45) is 4.99 Å². The predicted molar refractivity (Wildman–Crippen MR) is 104 cm³/mol.